The van der Waals surface area contributed by atoms with Crippen molar-refractivity contribution in [2.45, 2.75) is 0 Å². The molecule has 0 saturated heterocycles. The van der Waals surface area contributed by atoms with Crippen LogP contribution in [0.2, 0.25) is 0 Å². The maximum absolute atomic E-state index is 12.5. The van der Waals surface area contributed by atoms with E-state index in [-0.39, 0.29) is 28.3 Å². The molecule has 0 fully saturated rings. The molecule has 0 atom stereocenters. The maximum atomic E-state index is 12.5. The standard InChI is InChI=1S/C20H17N3O6/c1-28-17-9-13-6-4-3-5-12(13)8-16(17)20(25)22-21-11-14-7-15(23(26)27)10-18(29-2)19(14)24/h3-11,24H,1-2H3,(H,22,25)/b21-11-. The molecule has 0 saturated carbocycles. The fraction of sp³-hybridized carbons (Fsp3) is 0.100. The van der Waals surface area contributed by atoms with E-state index in [1.807, 2.05) is 24.3 Å². The minimum absolute atomic E-state index is 0.0156. The molecule has 0 aromatic heterocycles. The van der Waals surface area contributed by atoms with Gasteiger partial charge >= 0.3 is 0 Å². The van der Waals surface area contributed by atoms with Gasteiger partial charge in [-0.2, -0.15) is 5.10 Å². The number of amides is 1. The van der Waals surface area contributed by atoms with Crippen molar-refractivity contribution in [2.24, 2.45) is 5.10 Å². The number of non-ortho nitro benzene ring substituents is 1. The van der Waals surface area contributed by atoms with Crippen LogP contribution in [-0.2, 0) is 0 Å². The number of nitro benzene ring substituents is 1. The summed E-state index contributed by atoms with van der Waals surface area (Å²) in [6, 6.07) is 13.1. The number of nitro groups is 1. The first-order valence-corrected chi connectivity index (χ1v) is 8.40. The molecule has 0 radical (unpaired) electrons. The summed E-state index contributed by atoms with van der Waals surface area (Å²) in [6.45, 7) is 0. The molecule has 3 aromatic rings. The first kappa shape index (κ1) is 19.6. The highest BCUT2D eigenvalue weighted by atomic mass is 16.6. The number of aromatic hydroxyl groups is 1. The summed E-state index contributed by atoms with van der Waals surface area (Å²) in [6.07, 6.45) is 1.09. The number of hydrogen-bond acceptors (Lipinski definition) is 7. The van der Waals surface area contributed by atoms with Gasteiger partial charge in [0.25, 0.3) is 11.6 Å². The van der Waals surface area contributed by atoms with E-state index in [1.54, 1.807) is 12.1 Å². The fourth-order valence-corrected chi connectivity index (χ4v) is 2.76. The molecule has 9 nitrogen and oxygen atoms in total. The second-order valence-electron chi connectivity index (χ2n) is 5.94. The highest BCUT2D eigenvalue weighted by Gasteiger charge is 2.16. The molecular formula is C20H17N3O6. The number of nitrogens with one attached hydrogen (secondary N) is 1. The number of methoxy groups -OCH3 is 2. The van der Waals surface area contributed by atoms with Crippen LogP contribution in [-0.4, -0.2) is 36.4 Å². The van der Waals surface area contributed by atoms with Crippen LogP contribution in [0.1, 0.15) is 15.9 Å². The minimum atomic E-state index is -0.627. The van der Waals surface area contributed by atoms with E-state index in [0.717, 1.165) is 29.1 Å². The van der Waals surface area contributed by atoms with Gasteiger partial charge in [0.15, 0.2) is 11.5 Å². The summed E-state index contributed by atoms with van der Waals surface area (Å²) in [7, 11) is 2.73. The summed E-state index contributed by atoms with van der Waals surface area (Å²) in [4.78, 5) is 22.9. The summed E-state index contributed by atoms with van der Waals surface area (Å²) in [5.41, 5.74) is 2.32. The number of carbonyl (C=O) groups is 1. The van der Waals surface area contributed by atoms with E-state index in [0.29, 0.717) is 5.75 Å². The van der Waals surface area contributed by atoms with Gasteiger partial charge in [-0.05, 0) is 22.9 Å². The Kier molecular flexibility index (Phi) is 5.59. The van der Waals surface area contributed by atoms with Crippen LogP contribution < -0.4 is 14.9 Å². The molecule has 0 bridgehead atoms. The zero-order valence-electron chi connectivity index (χ0n) is 15.6. The number of phenols is 1. The summed E-state index contributed by atoms with van der Waals surface area (Å²) in [5, 5.41) is 26.7. The Labute approximate surface area is 165 Å². The van der Waals surface area contributed by atoms with Crippen molar-refractivity contribution in [1.29, 1.82) is 0 Å². The van der Waals surface area contributed by atoms with Crippen molar-refractivity contribution in [2.75, 3.05) is 14.2 Å². The Morgan fingerprint density at radius 3 is 2.38 bits per heavy atom. The Balaban J connectivity index is 1.88. The highest BCUT2D eigenvalue weighted by Crippen LogP contribution is 2.33. The van der Waals surface area contributed by atoms with E-state index in [1.165, 1.54) is 14.2 Å². The van der Waals surface area contributed by atoms with Gasteiger partial charge in [-0.1, -0.05) is 24.3 Å². The van der Waals surface area contributed by atoms with Gasteiger partial charge in [0.2, 0.25) is 0 Å². The van der Waals surface area contributed by atoms with Gasteiger partial charge in [-0.3, -0.25) is 14.9 Å². The summed E-state index contributed by atoms with van der Waals surface area (Å²) in [5.74, 6) is -0.584. The van der Waals surface area contributed by atoms with Crippen molar-refractivity contribution in [3.8, 4) is 17.2 Å². The third-order valence-electron chi connectivity index (χ3n) is 4.20. The number of fused-ring (bicyclic) bond motifs is 1. The first-order valence-electron chi connectivity index (χ1n) is 8.40. The molecule has 29 heavy (non-hydrogen) atoms. The van der Waals surface area contributed by atoms with Crippen molar-refractivity contribution >= 4 is 28.6 Å². The molecule has 0 aliphatic carbocycles. The van der Waals surface area contributed by atoms with Gasteiger partial charge in [-0.15, -0.1) is 0 Å². The Hall–Kier alpha value is -4.14. The third-order valence-corrected chi connectivity index (χ3v) is 4.20. The van der Waals surface area contributed by atoms with Crippen LogP contribution in [0.4, 0.5) is 5.69 Å². The average Bonchev–Trinajstić information content (AvgIpc) is 2.73. The molecule has 3 aromatic carbocycles. The number of phenolic OH excluding ortho intramolecular Hbond substituents is 1. The quantitative estimate of drug-likeness (QED) is 0.375. The zero-order valence-corrected chi connectivity index (χ0v) is 15.6. The summed E-state index contributed by atoms with van der Waals surface area (Å²) >= 11 is 0. The van der Waals surface area contributed by atoms with Gasteiger partial charge in [-0.25, -0.2) is 5.43 Å². The van der Waals surface area contributed by atoms with Crippen LogP contribution >= 0.6 is 0 Å². The van der Waals surface area contributed by atoms with Crippen molar-refractivity contribution in [3.63, 3.8) is 0 Å². The SMILES string of the molecule is COc1cc2ccccc2cc1C(=O)N/N=C\c1cc([N+](=O)[O-])cc(OC)c1O. The Bertz CT molecular complexity index is 1130. The predicted molar refractivity (Wildman–Crippen MR) is 107 cm³/mol. The molecule has 3 rings (SSSR count). The molecule has 0 heterocycles. The first-order chi connectivity index (χ1) is 13.9. The van der Waals surface area contributed by atoms with Gasteiger partial charge < -0.3 is 14.6 Å². The topological polar surface area (TPSA) is 123 Å². The van der Waals surface area contributed by atoms with E-state index in [2.05, 4.69) is 10.5 Å². The molecular weight excluding hydrogens is 378 g/mol. The fourth-order valence-electron chi connectivity index (χ4n) is 2.76. The monoisotopic (exact) mass is 395 g/mol. The second-order valence-corrected chi connectivity index (χ2v) is 5.94. The lowest BCUT2D eigenvalue weighted by atomic mass is 10.1. The number of ether oxygens (including phenoxy) is 2. The zero-order chi connectivity index (χ0) is 21.0. The molecule has 0 aliphatic rings. The van der Waals surface area contributed by atoms with Crippen LogP contribution in [0, 0.1) is 10.1 Å². The van der Waals surface area contributed by atoms with Crippen LogP contribution in [0.25, 0.3) is 10.8 Å². The Morgan fingerprint density at radius 2 is 1.76 bits per heavy atom. The minimum Gasteiger partial charge on any atom is -0.504 e. The highest BCUT2D eigenvalue weighted by molar-refractivity contribution is 6.02. The predicted octanol–water partition coefficient (Wildman–Crippen LogP) is 3.23. The number of carbonyl (C=O) groups excluding carboxylic acids is 1. The molecule has 2 N–H and O–H groups in total. The number of benzene rings is 3. The molecule has 0 unspecified atom stereocenters. The second kappa shape index (κ2) is 8.26. The molecule has 9 heteroatoms. The molecule has 0 aliphatic heterocycles. The number of hydrazone groups is 1. The number of hydrogen-bond donors (Lipinski definition) is 2. The molecule has 148 valence electrons. The van der Waals surface area contributed by atoms with Crippen molar-refractivity contribution in [3.05, 3.63) is 69.8 Å². The lowest BCUT2D eigenvalue weighted by Crippen LogP contribution is -2.18. The number of nitrogens with zero attached hydrogens (tertiary/aromatic N) is 2. The lowest BCUT2D eigenvalue weighted by molar-refractivity contribution is -0.385. The molecule has 1 amide bonds. The van der Waals surface area contributed by atoms with Gasteiger partial charge in [0.05, 0.1) is 37.0 Å². The van der Waals surface area contributed by atoms with Crippen LogP contribution in [0.3, 0.4) is 0 Å². The van der Waals surface area contributed by atoms with E-state index in [9.17, 15) is 20.0 Å². The van der Waals surface area contributed by atoms with Crippen LogP contribution in [0.15, 0.2) is 53.6 Å². The Morgan fingerprint density at radius 1 is 1.10 bits per heavy atom. The number of rotatable bonds is 6. The van der Waals surface area contributed by atoms with E-state index in [4.69, 9.17) is 9.47 Å². The summed E-state index contributed by atoms with van der Waals surface area (Å²) < 4.78 is 10.2. The third kappa shape index (κ3) is 4.08. The van der Waals surface area contributed by atoms with Gasteiger partial charge in [0.1, 0.15) is 5.75 Å². The van der Waals surface area contributed by atoms with Crippen molar-refractivity contribution < 1.29 is 24.3 Å². The largest absolute Gasteiger partial charge is 0.504 e. The smallest absolute Gasteiger partial charge is 0.275 e. The van der Waals surface area contributed by atoms with Crippen molar-refractivity contribution in [1.82, 2.24) is 5.43 Å². The normalized spacial score (nSPS) is 10.8. The average molecular weight is 395 g/mol. The van der Waals surface area contributed by atoms with Gasteiger partial charge in [0, 0.05) is 11.6 Å². The van der Waals surface area contributed by atoms with E-state index < -0.39 is 10.8 Å². The maximum Gasteiger partial charge on any atom is 0.275 e. The van der Waals surface area contributed by atoms with Crippen LogP contribution in [0.5, 0.6) is 17.2 Å². The van der Waals surface area contributed by atoms with E-state index >= 15 is 0 Å². The molecule has 0 spiro atoms. The lowest BCUT2D eigenvalue weighted by Gasteiger charge is -2.09.